The molecule has 1 aromatic rings. The predicted molar refractivity (Wildman–Crippen MR) is 85.5 cm³/mol. The van der Waals surface area contributed by atoms with Crippen molar-refractivity contribution in [2.45, 2.75) is 52.5 Å². The second kappa shape index (κ2) is 7.26. The molecular weight excluding hydrogens is 252 g/mol. The van der Waals surface area contributed by atoms with Gasteiger partial charge in [-0.05, 0) is 26.7 Å². The molecule has 0 saturated carbocycles. The van der Waals surface area contributed by atoms with Crippen LogP contribution in [0, 0.1) is 0 Å². The fourth-order valence-corrected chi connectivity index (χ4v) is 1.93. The fourth-order valence-electron chi connectivity index (χ4n) is 1.93. The van der Waals surface area contributed by atoms with Crippen LogP contribution in [0.3, 0.4) is 0 Å². The molecule has 6 heteroatoms. The predicted octanol–water partition coefficient (Wildman–Crippen LogP) is 2.75. The lowest BCUT2D eigenvalue weighted by Crippen LogP contribution is -2.32. The Morgan fingerprint density at radius 3 is 2.20 bits per heavy atom. The fraction of sp³-hybridized carbons (Fsp3) is 0.786. The Morgan fingerprint density at radius 1 is 1.00 bits per heavy atom. The summed E-state index contributed by atoms with van der Waals surface area (Å²) in [6, 6.07) is 0. The molecule has 0 unspecified atom stereocenters. The van der Waals surface area contributed by atoms with Gasteiger partial charge in [-0.1, -0.05) is 20.3 Å². The first-order chi connectivity index (χ1) is 9.38. The summed E-state index contributed by atoms with van der Waals surface area (Å²) in [6.07, 6.45) is 3.22. The summed E-state index contributed by atoms with van der Waals surface area (Å²) in [7, 11) is 3.86. The van der Waals surface area contributed by atoms with Gasteiger partial charge in [0.25, 0.3) is 0 Å². The van der Waals surface area contributed by atoms with Crippen LogP contribution in [0.25, 0.3) is 0 Å². The monoisotopic (exact) mass is 280 g/mol. The van der Waals surface area contributed by atoms with Crippen LogP contribution in [0.5, 0.6) is 0 Å². The van der Waals surface area contributed by atoms with Crippen molar-refractivity contribution in [3.05, 3.63) is 0 Å². The smallest absolute Gasteiger partial charge is 0.231 e. The van der Waals surface area contributed by atoms with Crippen molar-refractivity contribution in [2.24, 2.45) is 0 Å². The van der Waals surface area contributed by atoms with E-state index < -0.39 is 0 Å². The third-order valence-electron chi connectivity index (χ3n) is 2.88. The zero-order valence-electron chi connectivity index (χ0n) is 13.6. The maximum absolute atomic E-state index is 4.46. The summed E-state index contributed by atoms with van der Waals surface area (Å²) < 4.78 is 0. The van der Waals surface area contributed by atoms with Crippen molar-refractivity contribution in [3.63, 3.8) is 0 Å². The molecule has 0 bridgehead atoms. The number of anilines is 3. The highest BCUT2D eigenvalue weighted by atomic mass is 15.3. The van der Waals surface area contributed by atoms with Gasteiger partial charge < -0.3 is 15.5 Å². The highest BCUT2D eigenvalue weighted by Crippen LogP contribution is 2.19. The number of nitrogens with zero attached hydrogens (tertiary/aromatic N) is 4. The van der Waals surface area contributed by atoms with Crippen LogP contribution in [0.15, 0.2) is 0 Å². The molecule has 1 rings (SSSR count). The third kappa shape index (κ3) is 5.19. The summed E-state index contributed by atoms with van der Waals surface area (Å²) in [4.78, 5) is 15.2. The molecule has 0 aromatic carbocycles. The lowest BCUT2D eigenvalue weighted by molar-refractivity contribution is 0.506. The molecule has 114 valence electrons. The van der Waals surface area contributed by atoms with Gasteiger partial charge in [-0.3, -0.25) is 0 Å². The van der Waals surface area contributed by atoms with Crippen LogP contribution < -0.4 is 15.5 Å². The topological polar surface area (TPSA) is 66.0 Å². The largest absolute Gasteiger partial charge is 0.354 e. The molecule has 0 atom stereocenters. The Balaban J connectivity index is 2.96. The SMILES string of the molecule is CCCNc1nc(NC(C)(C)CCC)nc(N(C)C)n1. The Labute approximate surface area is 122 Å². The zero-order chi connectivity index (χ0) is 15.2. The van der Waals surface area contributed by atoms with Crippen LogP contribution in [-0.2, 0) is 0 Å². The number of rotatable bonds is 8. The van der Waals surface area contributed by atoms with E-state index in [1.54, 1.807) is 0 Å². The minimum absolute atomic E-state index is 0.0261. The minimum atomic E-state index is -0.0261. The van der Waals surface area contributed by atoms with E-state index in [9.17, 15) is 0 Å². The molecule has 0 aliphatic heterocycles. The number of aromatic nitrogens is 3. The zero-order valence-corrected chi connectivity index (χ0v) is 13.6. The second-order valence-electron chi connectivity index (χ2n) is 5.86. The van der Waals surface area contributed by atoms with Gasteiger partial charge in [0.2, 0.25) is 17.8 Å². The molecule has 0 fully saturated rings. The Bertz CT molecular complexity index is 416. The van der Waals surface area contributed by atoms with E-state index in [0.29, 0.717) is 17.8 Å². The second-order valence-corrected chi connectivity index (χ2v) is 5.86. The minimum Gasteiger partial charge on any atom is -0.354 e. The molecule has 0 saturated heterocycles. The van der Waals surface area contributed by atoms with Gasteiger partial charge in [-0.15, -0.1) is 0 Å². The van der Waals surface area contributed by atoms with Gasteiger partial charge in [0, 0.05) is 26.2 Å². The Morgan fingerprint density at radius 2 is 1.65 bits per heavy atom. The lowest BCUT2D eigenvalue weighted by atomic mass is 9.99. The molecule has 0 amide bonds. The van der Waals surface area contributed by atoms with E-state index in [1.807, 2.05) is 19.0 Å². The van der Waals surface area contributed by atoms with Gasteiger partial charge in [0.15, 0.2) is 0 Å². The van der Waals surface area contributed by atoms with Gasteiger partial charge in [-0.2, -0.15) is 15.0 Å². The summed E-state index contributed by atoms with van der Waals surface area (Å²) in [5, 5.41) is 6.62. The van der Waals surface area contributed by atoms with Crippen molar-refractivity contribution in [1.29, 1.82) is 0 Å². The average molecular weight is 280 g/mol. The van der Waals surface area contributed by atoms with Gasteiger partial charge in [-0.25, -0.2) is 0 Å². The molecule has 1 heterocycles. The van der Waals surface area contributed by atoms with Gasteiger partial charge in [0.05, 0.1) is 0 Å². The summed E-state index contributed by atoms with van der Waals surface area (Å²) in [6.45, 7) is 9.47. The third-order valence-corrected chi connectivity index (χ3v) is 2.88. The molecule has 2 N–H and O–H groups in total. The average Bonchev–Trinajstić information content (AvgIpc) is 2.35. The molecule has 0 aliphatic carbocycles. The molecule has 20 heavy (non-hydrogen) atoms. The van der Waals surface area contributed by atoms with E-state index in [0.717, 1.165) is 25.8 Å². The summed E-state index contributed by atoms with van der Waals surface area (Å²) >= 11 is 0. The summed E-state index contributed by atoms with van der Waals surface area (Å²) in [5.74, 6) is 1.91. The van der Waals surface area contributed by atoms with E-state index in [-0.39, 0.29) is 5.54 Å². The highest BCUT2D eigenvalue weighted by Gasteiger charge is 2.18. The number of hydrogen-bond donors (Lipinski definition) is 2. The van der Waals surface area contributed by atoms with E-state index in [2.05, 4.69) is 53.3 Å². The van der Waals surface area contributed by atoms with Crippen molar-refractivity contribution in [3.8, 4) is 0 Å². The quantitative estimate of drug-likeness (QED) is 0.763. The van der Waals surface area contributed by atoms with E-state index >= 15 is 0 Å². The number of hydrogen-bond acceptors (Lipinski definition) is 6. The van der Waals surface area contributed by atoms with E-state index in [1.165, 1.54) is 0 Å². The van der Waals surface area contributed by atoms with Crippen LogP contribution in [-0.4, -0.2) is 41.1 Å². The van der Waals surface area contributed by atoms with Crippen LogP contribution in [0.1, 0.15) is 47.0 Å². The highest BCUT2D eigenvalue weighted by molar-refractivity contribution is 5.43. The number of nitrogens with one attached hydrogen (secondary N) is 2. The van der Waals surface area contributed by atoms with Crippen LogP contribution in [0.2, 0.25) is 0 Å². The van der Waals surface area contributed by atoms with Gasteiger partial charge >= 0.3 is 0 Å². The lowest BCUT2D eigenvalue weighted by Gasteiger charge is -2.26. The van der Waals surface area contributed by atoms with E-state index in [4.69, 9.17) is 0 Å². The molecular formula is C14H28N6. The first-order valence-electron chi connectivity index (χ1n) is 7.33. The normalized spacial score (nSPS) is 11.3. The van der Waals surface area contributed by atoms with Gasteiger partial charge in [0.1, 0.15) is 0 Å². The van der Waals surface area contributed by atoms with Crippen molar-refractivity contribution >= 4 is 17.8 Å². The molecule has 0 spiro atoms. The van der Waals surface area contributed by atoms with Crippen LogP contribution >= 0.6 is 0 Å². The first kappa shape index (κ1) is 16.5. The van der Waals surface area contributed by atoms with Crippen molar-refractivity contribution in [2.75, 3.05) is 36.2 Å². The summed E-state index contributed by atoms with van der Waals surface area (Å²) in [5.41, 5.74) is -0.0261. The Kier molecular flexibility index (Phi) is 5.98. The molecule has 0 aliphatic rings. The Hall–Kier alpha value is -1.59. The maximum Gasteiger partial charge on any atom is 0.231 e. The van der Waals surface area contributed by atoms with Crippen molar-refractivity contribution in [1.82, 2.24) is 15.0 Å². The van der Waals surface area contributed by atoms with Crippen LogP contribution in [0.4, 0.5) is 17.8 Å². The maximum atomic E-state index is 4.46. The molecule has 1 aromatic heterocycles. The van der Waals surface area contributed by atoms with Crippen molar-refractivity contribution < 1.29 is 0 Å². The molecule has 0 radical (unpaired) electrons. The molecule has 6 nitrogen and oxygen atoms in total. The first-order valence-corrected chi connectivity index (χ1v) is 7.33. The standard InChI is InChI=1S/C14H28N6/c1-7-9-14(3,4)19-12-16-11(15-10-8-2)17-13(18-12)20(5)6/h7-10H2,1-6H3,(H2,15,16,17,18,19).